The van der Waals surface area contributed by atoms with Crippen LogP contribution in [0.1, 0.15) is 154 Å². The fourth-order valence-corrected chi connectivity index (χ4v) is 25.3. The number of aromatic nitrogens is 2. The maximum absolute atomic E-state index is 15.0. The number of nitrogens with one attached hydrogen (secondary N) is 4. The van der Waals surface area contributed by atoms with Gasteiger partial charge in [-0.25, -0.2) is 9.59 Å². The van der Waals surface area contributed by atoms with Gasteiger partial charge in [0.1, 0.15) is 25.5 Å². The second-order valence-electron chi connectivity index (χ2n) is 32.6. The minimum atomic E-state index is -1.50. The number of esters is 2. The minimum Gasteiger partial charge on any atom is -0.504 e. The van der Waals surface area contributed by atoms with Crippen LogP contribution in [0, 0.1) is 76.8 Å². The van der Waals surface area contributed by atoms with Crippen LogP contribution in [-0.2, 0) is 78.2 Å². The molecule has 2 spiro atoms. The number of methoxy groups -OCH3 is 2. The Hall–Kier alpha value is -8.49. The number of H-pyrrole nitrogens is 2. The molecule has 0 saturated carbocycles. The topological polar surface area (TPSA) is 376 Å². The van der Waals surface area contributed by atoms with Gasteiger partial charge in [-0.3, -0.25) is 30.2 Å². The monoisotopic (exact) mass is 1700 g/mol. The standard InChI is InChI=1S/C42H46N6O6S.C41H47N5O7S.CH4.Ag.HNO3/c1-18-7-8-26-24(9-18)25-12-23(13-43)46-42(40(25)45-26)16-55-39-30-20(3)21(4)37-38(54-17-53-37)32(30)29(15-52-41(42)50)48-28(14-44)27-11-22-10-19(2)36(51-6)35(49)31(22)33(34(39)48)47(27)5;1-17-7-8-25-23(9-17)24-12-22(13-42)44-41(38(24)43-25)15-54-37-28-19(3)20(4)35-36(53-16-52-35)30(28)27(14-51-40(41)49)46-32(37)31-29-21(11-26(39(46)48)45(31)5)10-18(2)34(50-6)33(29)47;;;2-1(3)4/h7-10,23,27-29,33-34,39,45-46,49H,11-13,15-17,43H2,1-6H3;7-10,22,26-27,31-32,37,39,43-44,47-48H,11-16,42H2,1-6H3;1H4;;(H,2,3,4)/t23-,27+,28+,29+,33-,34-,39-,42-;22-,26+,27+,31-,32-,37-,39+,41-;;;/m11.../s1. The molecule has 4 saturated heterocycles. The van der Waals surface area contributed by atoms with E-state index in [-0.39, 0.29) is 139 Å². The van der Waals surface area contributed by atoms with E-state index in [1.807, 2.05) is 13.8 Å². The molecule has 16 heterocycles. The molecule has 4 fully saturated rings. The van der Waals surface area contributed by atoms with Gasteiger partial charge in [0, 0.05) is 132 Å². The Labute approximate surface area is 690 Å². The minimum absolute atomic E-state index is 0. The molecule has 6 aromatic carbocycles. The first-order valence-corrected chi connectivity index (χ1v) is 40.6. The van der Waals surface area contributed by atoms with Gasteiger partial charge < -0.3 is 79.9 Å². The number of hydrogen-bond acceptors (Lipinski definition) is 26. The summed E-state index contributed by atoms with van der Waals surface area (Å²) in [6, 6.07) is 15.8. The molecule has 31 heteroatoms. The van der Waals surface area contributed by atoms with E-state index in [9.17, 15) is 25.4 Å². The molecule has 0 unspecified atom stereocenters. The maximum Gasteiger partial charge on any atom is 0.333 e. The number of carbonyl (C=O) groups excluding carboxylic acids is 2. The van der Waals surface area contributed by atoms with Gasteiger partial charge in [-0.15, -0.1) is 33.6 Å². The Bertz CT molecular complexity index is 5420. The summed E-state index contributed by atoms with van der Waals surface area (Å²) in [4.78, 5) is 54.7. The van der Waals surface area contributed by atoms with Crippen LogP contribution in [0.2, 0.25) is 0 Å². The van der Waals surface area contributed by atoms with Crippen molar-refractivity contribution in [1.29, 1.82) is 5.26 Å². The van der Waals surface area contributed by atoms with Gasteiger partial charge in [0.2, 0.25) is 13.6 Å². The molecule has 115 heavy (non-hydrogen) atoms. The van der Waals surface area contributed by atoms with Gasteiger partial charge in [0.05, 0.1) is 61.9 Å². The number of nitrogens with zero attached hydrogens (tertiary/aromatic N) is 6. The summed E-state index contributed by atoms with van der Waals surface area (Å²) in [7, 11) is 7.31. The molecule has 22 rings (SSSR count). The van der Waals surface area contributed by atoms with Crippen LogP contribution in [0.15, 0.2) is 48.5 Å². The molecule has 2 aromatic heterocycles. The number of nitrogens with two attached hydrogens (primary N) is 2. The van der Waals surface area contributed by atoms with Crippen LogP contribution >= 0.6 is 23.5 Å². The Morgan fingerprint density at radius 3 is 1.44 bits per heavy atom. The fraction of sp³-hybridized carbons (Fsp3) is 0.488. The van der Waals surface area contributed by atoms with Crippen molar-refractivity contribution in [3.63, 3.8) is 0 Å². The van der Waals surface area contributed by atoms with Crippen LogP contribution in [0.4, 0.5) is 0 Å². The number of phenolic OH excluding ortho intramolecular Hbond substituents is 2. The number of aromatic amines is 2. The molecule has 0 aliphatic carbocycles. The van der Waals surface area contributed by atoms with Crippen molar-refractivity contribution in [1.82, 2.24) is 40.2 Å². The van der Waals surface area contributed by atoms with E-state index < -0.39 is 40.5 Å². The Morgan fingerprint density at radius 2 is 1.02 bits per heavy atom. The van der Waals surface area contributed by atoms with Crippen LogP contribution in [0.3, 0.4) is 0 Å². The summed E-state index contributed by atoms with van der Waals surface area (Å²) in [5.74, 6) is 3.78. The van der Waals surface area contributed by atoms with Crippen molar-refractivity contribution in [3.8, 4) is 52.1 Å². The van der Waals surface area contributed by atoms with Crippen LogP contribution in [0.25, 0.3) is 21.8 Å². The average Bonchev–Trinajstić information content (AvgIpc) is 1.24. The Morgan fingerprint density at radius 1 is 0.609 bits per heavy atom. The van der Waals surface area contributed by atoms with E-state index in [2.05, 4.69) is 150 Å². The van der Waals surface area contributed by atoms with Crippen molar-refractivity contribution >= 4 is 57.3 Å². The molecule has 28 nitrogen and oxygen atoms in total. The number of aryl methyl sites for hydroxylation is 4. The zero-order chi connectivity index (χ0) is 79.3. The summed E-state index contributed by atoms with van der Waals surface area (Å²) < 4.78 is 49.6. The molecule has 14 aliphatic rings. The summed E-state index contributed by atoms with van der Waals surface area (Å²) in [5.41, 5.74) is 32.0. The van der Waals surface area contributed by atoms with Crippen molar-refractivity contribution in [2.24, 2.45) is 11.5 Å². The number of benzene rings is 6. The van der Waals surface area contributed by atoms with Crippen molar-refractivity contribution in [2.45, 2.75) is 183 Å². The number of aliphatic hydroxyl groups excluding tert-OH is 1. The van der Waals surface area contributed by atoms with Gasteiger partial charge in [0.15, 0.2) is 57.1 Å². The number of carbonyl (C=O) groups is 2. The van der Waals surface area contributed by atoms with E-state index in [4.69, 9.17) is 64.7 Å². The number of nitriles is 1. The number of ether oxygens (including phenoxy) is 8. The Kier molecular flexibility index (Phi) is 20.6. The first-order valence-electron chi connectivity index (χ1n) is 38.5. The van der Waals surface area contributed by atoms with E-state index in [0.29, 0.717) is 84.8 Å². The van der Waals surface area contributed by atoms with Gasteiger partial charge in [-0.1, -0.05) is 42.8 Å². The van der Waals surface area contributed by atoms with Crippen molar-refractivity contribution < 1.29 is 95.5 Å². The van der Waals surface area contributed by atoms with E-state index >= 15 is 4.79 Å². The van der Waals surface area contributed by atoms with E-state index in [0.717, 1.165) is 133 Å². The average molecular weight is 1700 g/mol. The van der Waals surface area contributed by atoms with Crippen molar-refractivity contribution in [2.75, 3.05) is 79.7 Å². The second kappa shape index (κ2) is 29.5. The third kappa shape index (κ3) is 11.6. The number of thioether (sulfide) groups is 2. The number of piperazine rings is 2. The molecular weight excluding hydrogens is 1600 g/mol. The molecule has 8 bridgehead atoms. The summed E-state index contributed by atoms with van der Waals surface area (Å²) in [6.45, 7) is 17.3. The zero-order valence-corrected chi connectivity index (χ0v) is 68.4. The van der Waals surface area contributed by atoms with E-state index in [1.54, 1.807) is 37.7 Å². The summed E-state index contributed by atoms with van der Waals surface area (Å²) in [5, 5.41) is 70.6. The smallest absolute Gasteiger partial charge is 0.333 e. The predicted octanol–water partition coefficient (Wildman–Crippen LogP) is 9.26. The molecule has 8 aromatic rings. The normalized spacial score (nSPS) is 29.5. The predicted molar refractivity (Wildman–Crippen MR) is 428 cm³/mol. The van der Waals surface area contributed by atoms with Crippen LogP contribution < -0.4 is 50.5 Å². The second-order valence-corrected chi connectivity index (χ2v) is 34.8. The molecule has 1 radical (unpaired) electrons. The third-order valence-corrected chi connectivity index (χ3v) is 29.9. The fourth-order valence-electron chi connectivity index (χ4n) is 21.8. The van der Waals surface area contributed by atoms with Crippen molar-refractivity contribution in [3.05, 3.63) is 170 Å². The molecule has 0 amide bonds. The molecular formula is C84H98AgN12O16S2. The number of fused-ring (bicyclic) bond motifs is 22. The van der Waals surface area contributed by atoms with Gasteiger partial charge in [-0.05, 0) is 186 Å². The molecule has 613 valence electrons. The van der Waals surface area contributed by atoms with Gasteiger partial charge >= 0.3 is 11.9 Å². The largest absolute Gasteiger partial charge is 0.504 e. The first-order chi connectivity index (χ1) is 54.2. The molecule has 16 atom stereocenters. The quantitative estimate of drug-likeness (QED) is 0.0339. The van der Waals surface area contributed by atoms with Crippen LogP contribution in [0.5, 0.6) is 46.0 Å². The Balaban J connectivity index is 0.000000163. The number of aromatic hydroxyl groups is 2. The number of phenols is 2. The van der Waals surface area contributed by atoms with Gasteiger partial charge in [0.25, 0.3) is 5.09 Å². The SMILES string of the molecule is C.COc1c(C)cc2c(c1O)[C@@H]1[C@@H]3[C@@H]4SC[C@]5(N[C@@H](CN)Cc6c5[nH]c5ccc(C)cc65)C(=O)OC[C@@H](c5c6c(c(C)c(C)c54)OCO6)N3[C@@H](C#N)[C@H](C2)N1C.COc1c(C)cc2c(c1O)[C@@H]1[C@@H]3[C@@H]4SC[C@]5(N[C@@H](CN)Cc6c5[nH]c5ccc(C)cc65)C(=O)OC[C@@H](c5c6c(c(C)c(C)c54)OCO6)N3[C@@H](O)[C@H](C2)N1C.O=[N+]([O-])O.[Ag]. The summed E-state index contributed by atoms with van der Waals surface area (Å²) >= 11 is 3.38. The first kappa shape index (κ1) is 80.3. The van der Waals surface area contributed by atoms with Crippen LogP contribution in [-0.4, -0.2) is 195 Å². The maximum atomic E-state index is 15.0. The van der Waals surface area contributed by atoms with E-state index in [1.165, 1.54) is 0 Å². The number of likely N-dealkylation sites (N-methyl/N-ethyl adjacent to an activating group) is 2. The number of rotatable bonds is 4. The molecule has 14 aliphatic heterocycles. The number of aliphatic hydroxyl groups is 1. The van der Waals surface area contributed by atoms with Gasteiger partial charge in [-0.2, -0.15) is 5.26 Å². The zero-order valence-electron chi connectivity index (χ0n) is 65.3. The summed E-state index contributed by atoms with van der Waals surface area (Å²) in [6.07, 6.45) is 1.54. The number of hydrogen-bond donors (Lipinski definition) is 10. The third-order valence-electron chi connectivity index (χ3n) is 26.9. The molecule has 12 N–H and O–H groups in total.